The van der Waals surface area contributed by atoms with Gasteiger partial charge in [-0.1, -0.05) is 176 Å². The summed E-state index contributed by atoms with van der Waals surface area (Å²) in [7, 11) is 0. The average molecular weight is 753 g/mol. The number of furan rings is 1. The summed E-state index contributed by atoms with van der Waals surface area (Å²) in [4.78, 5) is 7.64. The van der Waals surface area contributed by atoms with E-state index in [0.717, 1.165) is 77.7 Å². The Hall–Kier alpha value is -7.75. The van der Waals surface area contributed by atoms with E-state index in [1.165, 1.54) is 27.6 Å². The van der Waals surface area contributed by atoms with Gasteiger partial charge in [0.2, 0.25) is 0 Å². The molecule has 11 aromatic rings. The van der Waals surface area contributed by atoms with Gasteiger partial charge in [-0.15, -0.1) is 0 Å². The second-order valence-corrected chi connectivity index (χ2v) is 15.4. The number of benzene rings is 9. The van der Waals surface area contributed by atoms with Crippen LogP contribution in [0.25, 0.3) is 66.0 Å². The summed E-state index contributed by atoms with van der Waals surface area (Å²) < 4.78 is 6.93. The molecule has 276 valence electrons. The molecule has 1 aliphatic heterocycles. The van der Waals surface area contributed by atoms with Crippen LogP contribution in [0.15, 0.2) is 223 Å². The van der Waals surface area contributed by atoms with Crippen LogP contribution in [0, 0.1) is 0 Å². The van der Waals surface area contributed by atoms with E-state index in [1.807, 2.05) is 0 Å². The normalized spacial score (nSPS) is 13.2. The van der Waals surface area contributed by atoms with Crippen molar-refractivity contribution in [3.05, 3.63) is 241 Å². The first-order chi connectivity index (χ1) is 29.3. The molecule has 0 bridgehead atoms. The Morgan fingerprint density at radius 3 is 1.71 bits per heavy atom. The maximum atomic E-state index is 6.93. The van der Waals surface area contributed by atoms with Crippen LogP contribution in [0.4, 0.5) is 17.1 Å². The molecule has 3 heterocycles. The van der Waals surface area contributed by atoms with E-state index in [2.05, 4.69) is 223 Å². The molecule has 0 N–H and O–H groups in total. The highest BCUT2D eigenvalue weighted by Crippen LogP contribution is 2.58. The number of hydrogen-bond donors (Lipinski definition) is 0. The van der Waals surface area contributed by atoms with Crippen LogP contribution in [-0.2, 0) is 5.41 Å². The van der Waals surface area contributed by atoms with Gasteiger partial charge >= 0.3 is 0 Å². The number of aromatic nitrogens is 1. The zero-order chi connectivity index (χ0) is 38.9. The first kappa shape index (κ1) is 33.4. The molecular weight excluding hydrogens is 717 g/mol. The third kappa shape index (κ3) is 4.92. The average Bonchev–Trinajstić information content (AvgIpc) is 3.71. The summed E-state index contributed by atoms with van der Waals surface area (Å²) in [5.74, 6) is 0. The Morgan fingerprint density at radius 2 is 1.00 bits per heavy atom. The fourth-order valence-electron chi connectivity index (χ4n) is 9.88. The van der Waals surface area contributed by atoms with Crippen molar-refractivity contribution in [2.45, 2.75) is 5.41 Å². The molecule has 0 unspecified atom stereocenters. The number of nitrogens with zero attached hydrogens (tertiary/aromatic N) is 2. The topological polar surface area (TPSA) is 29.3 Å². The lowest BCUT2D eigenvalue weighted by Crippen LogP contribution is -2.37. The SMILES string of the molecule is c1ccc(-c2nc3ccccc3c3c2ccc2oc4c(-c5cccc(N6c7ccccc7C(c7ccccc7)(c7ccccc7)c7ccccc76)c5)cccc4c23)cc1. The summed E-state index contributed by atoms with van der Waals surface area (Å²) in [6, 6.07) is 78.5. The molecule has 0 saturated carbocycles. The van der Waals surface area contributed by atoms with E-state index in [0.29, 0.717) is 0 Å². The summed E-state index contributed by atoms with van der Waals surface area (Å²) in [5.41, 5.74) is 14.7. The monoisotopic (exact) mass is 752 g/mol. The van der Waals surface area contributed by atoms with Crippen LogP contribution in [-0.4, -0.2) is 4.98 Å². The van der Waals surface area contributed by atoms with Gasteiger partial charge in [0.05, 0.1) is 28.0 Å². The van der Waals surface area contributed by atoms with Crippen molar-refractivity contribution < 1.29 is 4.42 Å². The minimum Gasteiger partial charge on any atom is -0.455 e. The Morgan fingerprint density at radius 1 is 0.424 bits per heavy atom. The van der Waals surface area contributed by atoms with Crippen molar-refractivity contribution in [3.8, 4) is 22.4 Å². The highest BCUT2D eigenvalue weighted by molar-refractivity contribution is 6.29. The minimum atomic E-state index is -0.521. The largest absolute Gasteiger partial charge is 0.455 e. The molecule has 2 aromatic heterocycles. The van der Waals surface area contributed by atoms with Crippen LogP contribution in [0.2, 0.25) is 0 Å². The number of para-hydroxylation sites is 4. The summed E-state index contributed by atoms with van der Waals surface area (Å²) in [6.45, 7) is 0. The van der Waals surface area contributed by atoms with Gasteiger partial charge in [0.25, 0.3) is 0 Å². The van der Waals surface area contributed by atoms with Gasteiger partial charge < -0.3 is 9.32 Å². The lowest BCUT2D eigenvalue weighted by molar-refractivity contribution is 0.670. The number of rotatable bonds is 5. The van der Waals surface area contributed by atoms with Crippen LogP contribution in [0.3, 0.4) is 0 Å². The molecule has 1 aliphatic rings. The maximum absolute atomic E-state index is 6.93. The highest BCUT2D eigenvalue weighted by Gasteiger charge is 2.46. The molecule has 0 atom stereocenters. The van der Waals surface area contributed by atoms with E-state index in [4.69, 9.17) is 9.40 Å². The van der Waals surface area contributed by atoms with Crippen LogP contribution in [0.1, 0.15) is 22.3 Å². The van der Waals surface area contributed by atoms with Crippen molar-refractivity contribution in [3.63, 3.8) is 0 Å². The number of hydrogen-bond acceptors (Lipinski definition) is 3. The van der Waals surface area contributed by atoms with E-state index < -0.39 is 5.41 Å². The minimum absolute atomic E-state index is 0.521. The Balaban J connectivity index is 1.07. The summed E-state index contributed by atoms with van der Waals surface area (Å²) in [6.07, 6.45) is 0. The highest BCUT2D eigenvalue weighted by atomic mass is 16.3. The predicted octanol–water partition coefficient (Wildman–Crippen LogP) is 14.8. The number of anilines is 3. The van der Waals surface area contributed by atoms with E-state index in [9.17, 15) is 0 Å². The molecule has 0 amide bonds. The fraction of sp³-hybridized carbons (Fsp3) is 0.0179. The van der Waals surface area contributed by atoms with E-state index >= 15 is 0 Å². The van der Waals surface area contributed by atoms with Crippen molar-refractivity contribution in [1.82, 2.24) is 4.98 Å². The Labute approximate surface area is 342 Å². The van der Waals surface area contributed by atoms with Crippen molar-refractivity contribution in [1.29, 1.82) is 0 Å². The molecule has 0 spiro atoms. The van der Waals surface area contributed by atoms with Gasteiger partial charge in [0, 0.05) is 43.7 Å². The van der Waals surface area contributed by atoms with Gasteiger partial charge in [-0.25, -0.2) is 4.98 Å². The molecular formula is C56H36N2O. The summed E-state index contributed by atoms with van der Waals surface area (Å²) in [5, 5.41) is 5.60. The van der Waals surface area contributed by atoms with Crippen LogP contribution in [0.5, 0.6) is 0 Å². The number of fused-ring (bicyclic) bond motifs is 9. The van der Waals surface area contributed by atoms with Crippen molar-refractivity contribution in [2.24, 2.45) is 0 Å². The predicted molar refractivity (Wildman–Crippen MR) is 244 cm³/mol. The van der Waals surface area contributed by atoms with Crippen LogP contribution >= 0.6 is 0 Å². The lowest BCUT2D eigenvalue weighted by Gasteiger charge is -2.46. The fourth-order valence-corrected chi connectivity index (χ4v) is 9.88. The molecule has 3 heteroatoms. The zero-order valence-corrected chi connectivity index (χ0v) is 32.1. The molecule has 9 aromatic carbocycles. The van der Waals surface area contributed by atoms with Gasteiger partial charge in [0.15, 0.2) is 0 Å². The molecule has 0 radical (unpaired) electrons. The maximum Gasteiger partial charge on any atom is 0.143 e. The molecule has 0 aliphatic carbocycles. The number of pyridine rings is 1. The molecule has 59 heavy (non-hydrogen) atoms. The third-order valence-electron chi connectivity index (χ3n) is 12.3. The summed E-state index contributed by atoms with van der Waals surface area (Å²) >= 11 is 0. The van der Waals surface area contributed by atoms with Gasteiger partial charge in [0.1, 0.15) is 11.2 Å². The van der Waals surface area contributed by atoms with Gasteiger partial charge in [-0.3, -0.25) is 0 Å². The zero-order valence-electron chi connectivity index (χ0n) is 32.1. The van der Waals surface area contributed by atoms with Crippen molar-refractivity contribution >= 4 is 60.7 Å². The van der Waals surface area contributed by atoms with Gasteiger partial charge in [-0.05, 0) is 70.3 Å². The standard InChI is InChI=1S/C56H36N2O/c1-4-18-37(19-5-1)54-44-34-35-51-53(52(44)43-26-10-13-31-48(43)57-54)45-28-17-27-42(55(45)59-51)38-20-16-25-41(36-38)58-49-32-14-11-29-46(49)56(39-21-6-2-7-22-39,40-23-8-3-9-24-40)47-30-12-15-33-50(47)58/h1-36H. The Kier molecular flexibility index (Phi) is 7.45. The van der Waals surface area contributed by atoms with Crippen LogP contribution < -0.4 is 4.90 Å². The molecule has 0 saturated heterocycles. The molecule has 0 fully saturated rings. The van der Waals surface area contributed by atoms with Crippen molar-refractivity contribution in [2.75, 3.05) is 4.90 Å². The second kappa shape index (κ2) is 13.2. The molecule has 3 nitrogen and oxygen atoms in total. The third-order valence-corrected chi connectivity index (χ3v) is 12.3. The Bertz CT molecular complexity index is 3300. The van der Waals surface area contributed by atoms with E-state index in [-0.39, 0.29) is 0 Å². The first-order valence-corrected chi connectivity index (χ1v) is 20.2. The smallest absolute Gasteiger partial charge is 0.143 e. The quantitative estimate of drug-likeness (QED) is 0.164. The van der Waals surface area contributed by atoms with Gasteiger partial charge in [-0.2, -0.15) is 0 Å². The first-order valence-electron chi connectivity index (χ1n) is 20.2. The second-order valence-electron chi connectivity index (χ2n) is 15.4. The molecule has 12 rings (SSSR count). The van der Waals surface area contributed by atoms with E-state index in [1.54, 1.807) is 0 Å². The lowest BCUT2D eigenvalue weighted by atomic mass is 9.62.